The standard InChI is InChI=1S/C11H18N2O2/c1-8(14)11(13-9(2)15)5-3-4-10(11)6-12-7-10/h12H,3-7H2,1-2H3,(H,13,15). The fourth-order valence-electron chi connectivity index (χ4n) is 3.21. The average molecular weight is 210 g/mol. The summed E-state index contributed by atoms with van der Waals surface area (Å²) in [6.45, 7) is 4.80. The van der Waals surface area contributed by atoms with Crippen molar-refractivity contribution in [2.45, 2.75) is 38.6 Å². The zero-order valence-electron chi connectivity index (χ0n) is 9.35. The molecule has 2 fully saturated rings. The van der Waals surface area contributed by atoms with E-state index >= 15 is 0 Å². The molecule has 0 radical (unpaired) electrons. The maximum atomic E-state index is 11.9. The van der Waals surface area contributed by atoms with E-state index in [0.717, 1.165) is 32.4 Å². The molecule has 1 saturated heterocycles. The van der Waals surface area contributed by atoms with Crippen molar-refractivity contribution in [2.24, 2.45) is 5.41 Å². The first-order chi connectivity index (χ1) is 7.02. The zero-order valence-corrected chi connectivity index (χ0v) is 9.35. The molecule has 0 aromatic heterocycles. The van der Waals surface area contributed by atoms with Gasteiger partial charge in [-0.25, -0.2) is 0 Å². The van der Waals surface area contributed by atoms with Gasteiger partial charge in [0.05, 0.1) is 0 Å². The number of carbonyl (C=O) groups is 2. The molecule has 1 saturated carbocycles. The molecule has 0 aromatic carbocycles. The van der Waals surface area contributed by atoms with E-state index in [1.165, 1.54) is 6.92 Å². The number of amides is 1. The van der Waals surface area contributed by atoms with Crippen molar-refractivity contribution in [1.29, 1.82) is 0 Å². The molecule has 4 heteroatoms. The van der Waals surface area contributed by atoms with E-state index in [0.29, 0.717) is 0 Å². The Bertz CT molecular complexity index is 310. The molecule has 84 valence electrons. The minimum Gasteiger partial charge on any atom is -0.343 e. The molecule has 1 aliphatic heterocycles. The highest BCUT2D eigenvalue weighted by atomic mass is 16.2. The first-order valence-corrected chi connectivity index (χ1v) is 5.53. The fourth-order valence-corrected chi connectivity index (χ4v) is 3.21. The van der Waals surface area contributed by atoms with E-state index in [1.54, 1.807) is 6.92 Å². The van der Waals surface area contributed by atoms with Gasteiger partial charge in [0.1, 0.15) is 5.54 Å². The monoisotopic (exact) mass is 210 g/mol. The van der Waals surface area contributed by atoms with Crippen molar-refractivity contribution in [1.82, 2.24) is 10.6 Å². The second kappa shape index (κ2) is 3.30. The Hall–Kier alpha value is -0.900. The van der Waals surface area contributed by atoms with Crippen LogP contribution in [0.15, 0.2) is 0 Å². The summed E-state index contributed by atoms with van der Waals surface area (Å²) >= 11 is 0. The van der Waals surface area contributed by atoms with Crippen LogP contribution in [0.3, 0.4) is 0 Å². The topological polar surface area (TPSA) is 58.2 Å². The third-order valence-corrected chi connectivity index (χ3v) is 4.03. The predicted octanol–water partition coefficient (Wildman–Crippen LogP) is 0.224. The lowest BCUT2D eigenvalue weighted by atomic mass is 9.65. The Morgan fingerprint density at radius 2 is 1.87 bits per heavy atom. The molecule has 2 rings (SSSR count). The van der Waals surface area contributed by atoms with Crippen LogP contribution in [-0.4, -0.2) is 30.3 Å². The van der Waals surface area contributed by atoms with Crippen LogP contribution >= 0.6 is 0 Å². The van der Waals surface area contributed by atoms with Crippen LogP contribution in [0.25, 0.3) is 0 Å². The van der Waals surface area contributed by atoms with Crippen LogP contribution in [0.1, 0.15) is 33.1 Å². The number of nitrogens with one attached hydrogen (secondary N) is 2. The minimum absolute atomic E-state index is 0.00942. The summed E-state index contributed by atoms with van der Waals surface area (Å²) in [5.41, 5.74) is -0.603. The van der Waals surface area contributed by atoms with Crippen molar-refractivity contribution < 1.29 is 9.59 Å². The highest BCUT2D eigenvalue weighted by molar-refractivity contribution is 5.92. The summed E-state index contributed by atoms with van der Waals surface area (Å²) < 4.78 is 0. The molecule has 1 aliphatic carbocycles. The number of Topliss-reactive ketones (excluding diaryl/α,β-unsaturated/α-hetero) is 1. The number of rotatable bonds is 2. The van der Waals surface area contributed by atoms with Gasteiger partial charge in [-0.15, -0.1) is 0 Å². The van der Waals surface area contributed by atoms with Crippen LogP contribution in [0, 0.1) is 5.41 Å². The second-order valence-electron chi connectivity index (χ2n) is 4.88. The summed E-state index contributed by atoms with van der Waals surface area (Å²) in [6, 6.07) is 0. The Labute approximate surface area is 89.8 Å². The number of hydrogen-bond acceptors (Lipinski definition) is 3. The van der Waals surface area contributed by atoms with Gasteiger partial charge in [-0.1, -0.05) is 0 Å². The van der Waals surface area contributed by atoms with Gasteiger partial charge in [0, 0.05) is 25.4 Å². The van der Waals surface area contributed by atoms with Gasteiger partial charge < -0.3 is 10.6 Å². The van der Waals surface area contributed by atoms with E-state index in [9.17, 15) is 9.59 Å². The van der Waals surface area contributed by atoms with Crippen molar-refractivity contribution in [3.05, 3.63) is 0 Å². The molecule has 2 aliphatic rings. The smallest absolute Gasteiger partial charge is 0.217 e. The summed E-state index contributed by atoms with van der Waals surface area (Å²) in [4.78, 5) is 23.1. The van der Waals surface area contributed by atoms with Crippen molar-refractivity contribution in [3.63, 3.8) is 0 Å². The second-order valence-corrected chi connectivity index (χ2v) is 4.88. The predicted molar refractivity (Wildman–Crippen MR) is 56.4 cm³/mol. The lowest BCUT2D eigenvalue weighted by Gasteiger charge is -2.51. The summed E-state index contributed by atoms with van der Waals surface area (Å²) in [6.07, 6.45) is 2.87. The molecule has 1 unspecified atom stereocenters. The van der Waals surface area contributed by atoms with Gasteiger partial charge in [0.15, 0.2) is 5.78 Å². The van der Waals surface area contributed by atoms with E-state index in [-0.39, 0.29) is 17.1 Å². The van der Waals surface area contributed by atoms with Crippen molar-refractivity contribution in [3.8, 4) is 0 Å². The summed E-state index contributed by atoms with van der Waals surface area (Å²) in [5.74, 6) is 0.00933. The quantitative estimate of drug-likeness (QED) is 0.685. The Kier molecular flexibility index (Phi) is 2.34. The van der Waals surface area contributed by atoms with E-state index < -0.39 is 5.54 Å². The summed E-state index contributed by atoms with van der Waals surface area (Å²) in [7, 11) is 0. The fraction of sp³-hybridized carbons (Fsp3) is 0.818. The number of hydrogen-bond donors (Lipinski definition) is 2. The first kappa shape index (κ1) is 10.6. The molecule has 1 spiro atoms. The van der Waals surface area contributed by atoms with Crippen LogP contribution < -0.4 is 10.6 Å². The van der Waals surface area contributed by atoms with Crippen LogP contribution in [-0.2, 0) is 9.59 Å². The summed E-state index contributed by atoms with van der Waals surface area (Å²) in [5, 5.41) is 6.14. The van der Waals surface area contributed by atoms with Crippen molar-refractivity contribution in [2.75, 3.05) is 13.1 Å². The largest absolute Gasteiger partial charge is 0.343 e. The van der Waals surface area contributed by atoms with E-state index in [4.69, 9.17) is 0 Å². The molecular weight excluding hydrogens is 192 g/mol. The third kappa shape index (κ3) is 1.31. The third-order valence-electron chi connectivity index (χ3n) is 4.03. The van der Waals surface area contributed by atoms with E-state index in [2.05, 4.69) is 10.6 Å². The highest BCUT2D eigenvalue weighted by Gasteiger charge is 2.61. The average Bonchev–Trinajstić information content (AvgIpc) is 2.42. The van der Waals surface area contributed by atoms with Gasteiger partial charge in [0.2, 0.25) is 5.91 Å². The maximum Gasteiger partial charge on any atom is 0.217 e. The van der Waals surface area contributed by atoms with E-state index in [1.807, 2.05) is 0 Å². The molecule has 0 aromatic rings. The van der Waals surface area contributed by atoms with Gasteiger partial charge in [-0.05, 0) is 26.2 Å². The van der Waals surface area contributed by atoms with Crippen LogP contribution in [0.2, 0.25) is 0 Å². The SMILES string of the molecule is CC(=O)NC1(C(C)=O)CCCC12CNC2. The maximum absolute atomic E-state index is 11.9. The number of carbonyl (C=O) groups excluding carboxylic acids is 2. The molecule has 1 heterocycles. The number of ketones is 1. The van der Waals surface area contributed by atoms with Gasteiger partial charge in [-0.3, -0.25) is 9.59 Å². The molecule has 4 nitrogen and oxygen atoms in total. The molecule has 1 amide bonds. The molecule has 1 atom stereocenters. The van der Waals surface area contributed by atoms with Gasteiger partial charge in [-0.2, -0.15) is 0 Å². The lowest BCUT2D eigenvalue weighted by Crippen LogP contribution is -2.71. The molecular formula is C11H18N2O2. The van der Waals surface area contributed by atoms with Crippen LogP contribution in [0.4, 0.5) is 0 Å². The Morgan fingerprint density at radius 3 is 2.27 bits per heavy atom. The minimum atomic E-state index is -0.593. The molecule has 2 N–H and O–H groups in total. The van der Waals surface area contributed by atoms with Crippen LogP contribution in [0.5, 0.6) is 0 Å². The van der Waals surface area contributed by atoms with Gasteiger partial charge in [0.25, 0.3) is 0 Å². The first-order valence-electron chi connectivity index (χ1n) is 5.53. The molecule has 15 heavy (non-hydrogen) atoms. The Morgan fingerprint density at radius 1 is 1.20 bits per heavy atom. The van der Waals surface area contributed by atoms with Gasteiger partial charge >= 0.3 is 0 Å². The van der Waals surface area contributed by atoms with Crippen molar-refractivity contribution >= 4 is 11.7 Å². The molecule has 0 bridgehead atoms. The highest BCUT2D eigenvalue weighted by Crippen LogP contribution is 2.49. The lowest BCUT2D eigenvalue weighted by molar-refractivity contribution is -0.136. The zero-order chi connectivity index (χ0) is 11.1. The normalized spacial score (nSPS) is 32.4. The Balaban J connectivity index is 2.32.